The molecule has 1 atom stereocenters. The van der Waals surface area contributed by atoms with E-state index in [2.05, 4.69) is 9.88 Å². The number of ether oxygens (including phenoxy) is 2. The molecule has 0 aliphatic carbocycles. The Hall–Kier alpha value is -2.54. The summed E-state index contributed by atoms with van der Waals surface area (Å²) >= 11 is 0. The van der Waals surface area contributed by atoms with Gasteiger partial charge in [-0.25, -0.2) is 4.98 Å². The summed E-state index contributed by atoms with van der Waals surface area (Å²) in [6, 6.07) is 7.39. The van der Waals surface area contributed by atoms with Crippen molar-refractivity contribution in [1.82, 2.24) is 19.4 Å². The van der Waals surface area contributed by atoms with E-state index in [1.165, 1.54) is 0 Å². The van der Waals surface area contributed by atoms with E-state index in [9.17, 15) is 4.79 Å². The largest absolute Gasteiger partial charge is 0.497 e. The molecule has 2 heterocycles. The molecule has 2 aromatic rings. The molecule has 1 aliphatic heterocycles. The second-order valence-electron chi connectivity index (χ2n) is 6.38. The summed E-state index contributed by atoms with van der Waals surface area (Å²) in [5.41, 5.74) is 0. The molecule has 0 saturated carbocycles. The Kier molecular flexibility index (Phi) is 6.12. The average Bonchev–Trinajstić information content (AvgIpc) is 3.23. The maximum atomic E-state index is 12.6. The Morgan fingerprint density at radius 1 is 1.15 bits per heavy atom. The van der Waals surface area contributed by atoms with Crippen molar-refractivity contribution in [3.63, 3.8) is 0 Å². The Bertz CT molecular complexity index is 679. The van der Waals surface area contributed by atoms with E-state index in [0.717, 1.165) is 44.2 Å². The summed E-state index contributed by atoms with van der Waals surface area (Å²) in [6.45, 7) is 6.64. The summed E-state index contributed by atoms with van der Waals surface area (Å²) in [7, 11) is 1.65. The van der Waals surface area contributed by atoms with E-state index in [-0.39, 0.29) is 11.9 Å². The Morgan fingerprint density at radius 3 is 2.46 bits per heavy atom. The number of aromatic nitrogens is 2. The Morgan fingerprint density at radius 2 is 1.85 bits per heavy atom. The lowest BCUT2D eigenvalue weighted by Gasteiger charge is -2.36. The molecule has 0 unspecified atom stereocenters. The summed E-state index contributed by atoms with van der Waals surface area (Å²) in [4.78, 5) is 20.9. The molecule has 3 rings (SSSR count). The number of carbonyl (C=O) groups excluding carboxylic acids is 1. The topological polar surface area (TPSA) is 59.8 Å². The van der Waals surface area contributed by atoms with Crippen LogP contribution in [0.5, 0.6) is 11.5 Å². The molecule has 1 aliphatic rings. The average molecular weight is 358 g/mol. The van der Waals surface area contributed by atoms with E-state index in [1.54, 1.807) is 19.6 Å². The minimum Gasteiger partial charge on any atom is -0.497 e. The number of methoxy groups -OCH3 is 1. The van der Waals surface area contributed by atoms with Crippen molar-refractivity contribution in [3.8, 4) is 11.5 Å². The maximum absolute atomic E-state index is 12.6. The number of hydrogen-bond donors (Lipinski definition) is 0. The number of hydrogen-bond acceptors (Lipinski definition) is 5. The molecule has 1 fully saturated rings. The first-order valence-corrected chi connectivity index (χ1v) is 8.93. The zero-order chi connectivity index (χ0) is 18.4. The van der Waals surface area contributed by atoms with E-state index >= 15 is 0 Å². The SMILES string of the molecule is COc1ccc(OCCN2CCN(C(=O)[C@@H](C)n3ccnc3)CC2)cc1. The van der Waals surface area contributed by atoms with Crippen LogP contribution in [0.15, 0.2) is 43.0 Å². The van der Waals surface area contributed by atoms with Crippen LogP contribution in [0.2, 0.25) is 0 Å². The van der Waals surface area contributed by atoms with Gasteiger partial charge in [-0.15, -0.1) is 0 Å². The van der Waals surface area contributed by atoms with Crippen LogP contribution in [0.25, 0.3) is 0 Å². The van der Waals surface area contributed by atoms with Crippen molar-refractivity contribution in [1.29, 1.82) is 0 Å². The lowest BCUT2D eigenvalue weighted by atomic mass is 10.2. The monoisotopic (exact) mass is 358 g/mol. The number of rotatable bonds is 7. The van der Waals surface area contributed by atoms with Gasteiger partial charge >= 0.3 is 0 Å². The molecule has 0 bridgehead atoms. The summed E-state index contributed by atoms with van der Waals surface area (Å²) in [5.74, 6) is 1.81. The second kappa shape index (κ2) is 8.71. The highest BCUT2D eigenvalue weighted by molar-refractivity contribution is 5.80. The number of imidazole rings is 1. The number of piperazine rings is 1. The fourth-order valence-corrected chi connectivity index (χ4v) is 3.05. The zero-order valence-electron chi connectivity index (χ0n) is 15.4. The highest BCUT2D eigenvalue weighted by atomic mass is 16.5. The van der Waals surface area contributed by atoms with Crippen molar-refractivity contribution in [2.24, 2.45) is 0 Å². The Labute approximate surface area is 154 Å². The first-order valence-electron chi connectivity index (χ1n) is 8.93. The van der Waals surface area contributed by atoms with Crippen molar-refractivity contribution < 1.29 is 14.3 Å². The van der Waals surface area contributed by atoms with Gasteiger partial charge in [-0.05, 0) is 31.2 Å². The number of carbonyl (C=O) groups is 1. The van der Waals surface area contributed by atoms with Crippen LogP contribution in [-0.2, 0) is 4.79 Å². The van der Waals surface area contributed by atoms with Gasteiger partial charge in [-0.2, -0.15) is 0 Å². The first kappa shape index (κ1) is 18.3. The molecular weight excluding hydrogens is 332 g/mol. The van der Waals surface area contributed by atoms with Crippen LogP contribution >= 0.6 is 0 Å². The van der Waals surface area contributed by atoms with Gasteiger partial charge in [0.25, 0.3) is 0 Å². The summed E-state index contributed by atoms with van der Waals surface area (Å²) < 4.78 is 12.8. The van der Waals surface area contributed by atoms with Crippen LogP contribution < -0.4 is 9.47 Å². The van der Waals surface area contributed by atoms with Gasteiger partial charge in [0.15, 0.2) is 0 Å². The minimum absolute atomic E-state index is 0.150. The molecule has 1 amide bonds. The van der Waals surface area contributed by atoms with Crippen molar-refractivity contribution in [2.75, 3.05) is 46.4 Å². The molecule has 0 N–H and O–H groups in total. The van der Waals surface area contributed by atoms with Crippen LogP contribution in [0.4, 0.5) is 0 Å². The van der Waals surface area contributed by atoms with Crippen molar-refractivity contribution in [2.45, 2.75) is 13.0 Å². The molecule has 0 radical (unpaired) electrons. The van der Waals surface area contributed by atoms with Gasteiger partial charge in [0.05, 0.1) is 13.4 Å². The first-order chi connectivity index (χ1) is 12.7. The van der Waals surface area contributed by atoms with Crippen LogP contribution in [0.3, 0.4) is 0 Å². The third-order valence-electron chi connectivity index (χ3n) is 4.75. The Balaban J connectivity index is 1.38. The highest BCUT2D eigenvalue weighted by Gasteiger charge is 2.25. The molecular formula is C19H26N4O3. The fraction of sp³-hybridized carbons (Fsp3) is 0.474. The fourth-order valence-electron chi connectivity index (χ4n) is 3.05. The molecule has 140 valence electrons. The van der Waals surface area contributed by atoms with Crippen molar-refractivity contribution >= 4 is 5.91 Å². The van der Waals surface area contributed by atoms with Gasteiger partial charge < -0.3 is 18.9 Å². The lowest BCUT2D eigenvalue weighted by Crippen LogP contribution is -2.50. The van der Waals surface area contributed by atoms with Crippen LogP contribution in [0, 0.1) is 0 Å². The van der Waals surface area contributed by atoms with Gasteiger partial charge in [0.1, 0.15) is 24.1 Å². The predicted octanol–water partition coefficient (Wildman–Crippen LogP) is 1.68. The van der Waals surface area contributed by atoms with E-state index < -0.39 is 0 Å². The molecule has 26 heavy (non-hydrogen) atoms. The van der Waals surface area contributed by atoms with E-state index in [0.29, 0.717) is 6.61 Å². The molecule has 7 nitrogen and oxygen atoms in total. The van der Waals surface area contributed by atoms with E-state index in [4.69, 9.17) is 9.47 Å². The minimum atomic E-state index is -0.206. The van der Waals surface area contributed by atoms with Gasteiger partial charge in [-0.1, -0.05) is 0 Å². The lowest BCUT2D eigenvalue weighted by molar-refractivity contribution is -0.136. The van der Waals surface area contributed by atoms with Gasteiger partial charge in [0.2, 0.25) is 5.91 Å². The normalized spacial score (nSPS) is 16.3. The highest BCUT2D eigenvalue weighted by Crippen LogP contribution is 2.17. The maximum Gasteiger partial charge on any atom is 0.245 e. The van der Waals surface area contributed by atoms with Crippen molar-refractivity contribution in [3.05, 3.63) is 43.0 Å². The summed E-state index contributed by atoms with van der Waals surface area (Å²) in [5, 5.41) is 0. The molecule has 0 spiro atoms. The second-order valence-corrected chi connectivity index (χ2v) is 6.38. The van der Waals surface area contributed by atoms with Gasteiger partial charge in [-0.3, -0.25) is 9.69 Å². The third kappa shape index (κ3) is 4.54. The van der Waals surface area contributed by atoms with Crippen LogP contribution in [0.1, 0.15) is 13.0 Å². The number of nitrogens with zero attached hydrogens (tertiary/aromatic N) is 4. The molecule has 1 aromatic heterocycles. The quantitative estimate of drug-likeness (QED) is 0.754. The third-order valence-corrected chi connectivity index (χ3v) is 4.75. The van der Waals surface area contributed by atoms with E-state index in [1.807, 2.05) is 46.9 Å². The molecule has 1 aromatic carbocycles. The number of amides is 1. The smallest absolute Gasteiger partial charge is 0.245 e. The predicted molar refractivity (Wildman–Crippen MR) is 98.4 cm³/mol. The number of benzene rings is 1. The standard InChI is InChI=1S/C19H26N4O3/c1-16(23-8-7-20-15-23)19(24)22-11-9-21(10-12-22)13-14-26-18-5-3-17(25-2)4-6-18/h3-8,15-16H,9-14H2,1-2H3/t16-/m1/s1. The molecule has 7 heteroatoms. The van der Waals surface area contributed by atoms with Gasteiger partial charge in [0, 0.05) is 45.1 Å². The summed E-state index contributed by atoms with van der Waals surface area (Å²) in [6.07, 6.45) is 5.22. The van der Waals surface area contributed by atoms with Crippen LogP contribution in [-0.4, -0.2) is 71.7 Å². The zero-order valence-corrected chi connectivity index (χ0v) is 15.4. The molecule has 1 saturated heterocycles.